The van der Waals surface area contributed by atoms with E-state index in [0.717, 1.165) is 0 Å². The highest BCUT2D eigenvalue weighted by atomic mass is 19.2. The van der Waals surface area contributed by atoms with Crippen molar-refractivity contribution in [2.45, 2.75) is 6.42 Å². The lowest BCUT2D eigenvalue weighted by molar-refractivity contribution is -0.120. The summed E-state index contributed by atoms with van der Waals surface area (Å²) in [6.07, 6.45) is -0.0759. The molecule has 0 saturated carbocycles. The van der Waals surface area contributed by atoms with Crippen LogP contribution in [0.3, 0.4) is 0 Å². The molecular weight excluding hydrogens is 240 g/mol. The molecule has 2 N–H and O–H groups in total. The molecule has 1 aromatic rings. The quantitative estimate of drug-likeness (QED) is 0.632. The first kappa shape index (κ1) is 13.3. The highest BCUT2D eigenvalue weighted by Crippen LogP contribution is 2.23. The molecule has 3 nitrogen and oxygen atoms in total. The first-order valence-corrected chi connectivity index (χ1v) is 4.74. The number of nitrogens with one attached hydrogen (secondary N) is 2. The van der Waals surface area contributed by atoms with Crippen LogP contribution in [0.4, 0.5) is 23.2 Å². The van der Waals surface area contributed by atoms with Gasteiger partial charge in [-0.2, -0.15) is 0 Å². The predicted molar refractivity (Wildman–Crippen MR) is 53.4 cm³/mol. The second kappa shape index (κ2) is 5.51. The van der Waals surface area contributed by atoms with Crippen LogP contribution in [0.25, 0.3) is 0 Å². The van der Waals surface area contributed by atoms with Crippen LogP contribution < -0.4 is 10.6 Å². The molecule has 17 heavy (non-hydrogen) atoms. The zero-order valence-electron chi connectivity index (χ0n) is 8.91. The van der Waals surface area contributed by atoms with E-state index < -0.39 is 29.0 Å². The molecule has 0 bridgehead atoms. The van der Waals surface area contributed by atoms with Crippen LogP contribution in [0.5, 0.6) is 0 Å². The summed E-state index contributed by atoms with van der Waals surface area (Å²) in [4.78, 5) is 10.8. The van der Waals surface area contributed by atoms with Gasteiger partial charge in [0.15, 0.2) is 23.3 Å². The molecule has 0 spiro atoms. The number of hydrogen-bond donors (Lipinski definition) is 2. The lowest BCUT2D eigenvalue weighted by Crippen LogP contribution is -2.21. The number of rotatable bonds is 4. The van der Waals surface area contributed by atoms with Crippen molar-refractivity contribution < 1.29 is 22.4 Å². The molecule has 1 amide bonds. The van der Waals surface area contributed by atoms with Crippen LogP contribution in [-0.2, 0) is 4.79 Å². The zero-order valence-corrected chi connectivity index (χ0v) is 8.91. The monoisotopic (exact) mass is 250 g/mol. The Morgan fingerprint density at radius 2 is 1.71 bits per heavy atom. The molecule has 0 aliphatic carbocycles. The predicted octanol–water partition coefficient (Wildman–Crippen LogP) is 1.79. The van der Waals surface area contributed by atoms with Crippen LogP contribution in [0.1, 0.15) is 6.42 Å². The minimum atomic E-state index is -1.51. The van der Waals surface area contributed by atoms with Crippen molar-refractivity contribution in [3.63, 3.8) is 0 Å². The molecule has 0 heterocycles. The van der Waals surface area contributed by atoms with E-state index in [1.807, 2.05) is 0 Å². The summed E-state index contributed by atoms with van der Waals surface area (Å²) in [6, 6.07) is 0.120. The molecule has 0 atom stereocenters. The molecule has 1 rings (SSSR count). The van der Waals surface area contributed by atoms with Crippen LogP contribution in [-0.4, -0.2) is 19.5 Å². The number of hydrogen-bond acceptors (Lipinski definition) is 2. The van der Waals surface area contributed by atoms with E-state index in [-0.39, 0.29) is 24.9 Å². The third-order valence-electron chi connectivity index (χ3n) is 2.04. The van der Waals surface area contributed by atoms with Gasteiger partial charge in [0.25, 0.3) is 0 Å². The van der Waals surface area contributed by atoms with E-state index in [9.17, 15) is 22.4 Å². The summed E-state index contributed by atoms with van der Waals surface area (Å²) in [6.45, 7) is -0.142. The van der Waals surface area contributed by atoms with Crippen LogP contribution in [0, 0.1) is 23.3 Å². The molecule has 0 radical (unpaired) electrons. The SMILES string of the molecule is CNC(=O)CCNc1c(F)c(F)cc(F)c1F. The maximum atomic E-state index is 13.1. The molecular formula is C10H10F4N2O. The van der Waals surface area contributed by atoms with Gasteiger partial charge in [-0.25, -0.2) is 17.6 Å². The minimum absolute atomic E-state index is 0.0759. The fourth-order valence-electron chi connectivity index (χ4n) is 1.15. The molecule has 1 aromatic carbocycles. The molecule has 0 fully saturated rings. The molecule has 0 saturated heterocycles. The normalized spacial score (nSPS) is 10.2. The first-order valence-electron chi connectivity index (χ1n) is 4.74. The van der Waals surface area contributed by atoms with Crippen LogP contribution in [0.15, 0.2) is 6.07 Å². The van der Waals surface area contributed by atoms with Crippen LogP contribution in [0.2, 0.25) is 0 Å². The summed E-state index contributed by atoms with van der Waals surface area (Å²) in [7, 11) is 1.39. The van der Waals surface area contributed by atoms with Gasteiger partial charge < -0.3 is 10.6 Å². The highest BCUT2D eigenvalue weighted by Gasteiger charge is 2.18. The van der Waals surface area contributed by atoms with Gasteiger partial charge >= 0.3 is 0 Å². The molecule has 0 aliphatic rings. The number of carbonyl (C=O) groups is 1. The van der Waals surface area contributed by atoms with Gasteiger partial charge in [-0.05, 0) is 0 Å². The molecule has 0 aliphatic heterocycles. The number of anilines is 1. The topological polar surface area (TPSA) is 41.1 Å². The second-order valence-corrected chi connectivity index (χ2v) is 3.19. The van der Waals surface area contributed by atoms with E-state index in [4.69, 9.17) is 0 Å². The van der Waals surface area contributed by atoms with E-state index in [1.54, 1.807) is 0 Å². The fraction of sp³-hybridized carbons (Fsp3) is 0.300. The van der Waals surface area contributed by atoms with Gasteiger partial charge in [-0.15, -0.1) is 0 Å². The van der Waals surface area contributed by atoms with Gasteiger partial charge in [0.05, 0.1) is 0 Å². The zero-order chi connectivity index (χ0) is 13.0. The average Bonchev–Trinajstić information content (AvgIpc) is 2.30. The van der Waals surface area contributed by atoms with Gasteiger partial charge in [0.2, 0.25) is 5.91 Å². The number of carbonyl (C=O) groups excluding carboxylic acids is 1. The molecule has 0 unspecified atom stereocenters. The molecule has 0 aromatic heterocycles. The third kappa shape index (κ3) is 3.08. The van der Waals surface area contributed by atoms with Crippen molar-refractivity contribution in [1.82, 2.24) is 5.32 Å². The summed E-state index contributed by atoms with van der Waals surface area (Å²) < 4.78 is 51.8. The number of amides is 1. The lowest BCUT2D eigenvalue weighted by Gasteiger charge is -2.09. The summed E-state index contributed by atoms with van der Waals surface area (Å²) in [5.74, 6) is -6.38. The first-order chi connectivity index (χ1) is 7.97. The maximum Gasteiger partial charge on any atom is 0.221 e. The number of benzene rings is 1. The van der Waals surface area contributed by atoms with Crippen molar-refractivity contribution in [2.75, 3.05) is 18.9 Å². The largest absolute Gasteiger partial charge is 0.380 e. The maximum absolute atomic E-state index is 13.1. The average molecular weight is 250 g/mol. The Bertz CT molecular complexity index is 411. The number of halogens is 4. The van der Waals surface area contributed by atoms with Crippen molar-refractivity contribution in [2.24, 2.45) is 0 Å². The van der Waals surface area contributed by atoms with Gasteiger partial charge in [-0.1, -0.05) is 0 Å². The molecule has 7 heteroatoms. The van der Waals surface area contributed by atoms with Gasteiger partial charge in [0.1, 0.15) is 5.69 Å². The van der Waals surface area contributed by atoms with E-state index >= 15 is 0 Å². The lowest BCUT2D eigenvalue weighted by atomic mass is 10.2. The second-order valence-electron chi connectivity index (χ2n) is 3.19. The highest BCUT2D eigenvalue weighted by molar-refractivity contribution is 5.76. The van der Waals surface area contributed by atoms with Crippen molar-refractivity contribution >= 4 is 11.6 Å². The van der Waals surface area contributed by atoms with Crippen molar-refractivity contribution in [3.05, 3.63) is 29.3 Å². The van der Waals surface area contributed by atoms with Crippen molar-refractivity contribution in [1.29, 1.82) is 0 Å². The Hall–Kier alpha value is -1.79. The Balaban J connectivity index is 2.80. The van der Waals surface area contributed by atoms with Gasteiger partial charge in [-0.3, -0.25) is 4.79 Å². The van der Waals surface area contributed by atoms with Gasteiger partial charge in [0, 0.05) is 26.1 Å². The summed E-state index contributed by atoms with van der Waals surface area (Å²) in [5.41, 5.74) is -0.911. The Morgan fingerprint density at radius 3 is 2.18 bits per heavy atom. The fourth-order valence-corrected chi connectivity index (χ4v) is 1.15. The molecule has 94 valence electrons. The minimum Gasteiger partial charge on any atom is -0.380 e. The Labute approximate surface area is 94.8 Å². The standard InChI is InChI=1S/C10H10F4N2O/c1-15-7(17)2-3-16-10-8(13)5(11)4-6(12)9(10)14/h4,16H,2-3H2,1H3,(H,15,17). The third-order valence-corrected chi connectivity index (χ3v) is 2.04. The van der Waals surface area contributed by atoms with E-state index in [0.29, 0.717) is 0 Å². The Kier molecular flexibility index (Phi) is 4.30. The van der Waals surface area contributed by atoms with E-state index in [2.05, 4.69) is 10.6 Å². The smallest absolute Gasteiger partial charge is 0.221 e. The summed E-state index contributed by atoms with van der Waals surface area (Å²) in [5, 5.41) is 4.43. The van der Waals surface area contributed by atoms with E-state index in [1.165, 1.54) is 7.05 Å². The summed E-state index contributed by atoms with van der Waals surface area (Å²) >= 11 is 0. The Morgan fingerprint density at radius 1 is 1.18 bits per heavy atom. The van der Waals surface area contributed by atoms with Crippen LogP contribution >= 0.6 is 0 Å². The van der Waals surface area contributed by atoms with Crippen molar-refractivity contribution in [3.8, 4) is 0 Å².